The molecule has 14 heavy (non-hydrogen) atoms. The molecule has 0 saturated carbocycles. The molecule has 0 unspecified atom stereocenters. The van der Waals surface area contributed by atoms with E-state index in [2.05, 4.69) is 25.5 Å². The second kappa shape index (κ2) is 9.10. The summed E-state index contributed by atoms with van der Waals surface area (Å²) >= 11 is 3.91. The van der Waals surface area contributed by atoms with E-state index >= 15 is 0 Å². The Morgan fingerprint density at radius 3 is 1.86 bits per heavy atom. The zero-order valence-corrected chi connectivity index (χ0v) is 11.4. The van der Waals surface area contributed by atoms with Crippen LogP contribution in [0.4, 0.5) is 0 Å². The third-order valence-electron chi connectivity index (χ3n) is 1.59. The van der Waals surface area contributed by atoms with Gasteiger partial charge >= 0.3 is 6.80 Å². The van der Waals surface area contributed by atoms with Crippen molar-refractivity contribution in [1.29, 1.82) is 0 Å². The van der Waals surface area contributed by atoms with Crippen molar-refractivity contribution in [2.75, 3.05) is 13.2 Å². The van der Waals surface area contributed by atoms with Crippen molar-refractivity contribution in [1.82, 2.24) is 0 Å². The number of thiol groups is 1. The van der Waals surface area contributed by atoms with Gasteiger partial charge in [-0.3, -0.25) is 0 Å². The minimum absolute atomic E-state index is 0.480. The van der Waals surface area contributed by atoms with Crippen molar-refractivity contribution in [3.63, 3.8) is 0 Å². The largest absolute Gasteiger partial charge is 0.399 e. The Kier molecular flexibility index (Phi) is 9.66. The molecule has 0 aromatic heterocycles. The molecule has 0 spiro atoms. The topological polar surface area (TPSA) is 35.5 Å². The van der Waals surface area contributed by atoms with Gasteiger partial charge in [-0.25, -0.2) is 4.57 Å². The van der Waals surface area contributed by atoms with E-state index in [0.29, 0.717) is 13.2 Å². The molecule has 0 aliphatic carbocycles. The van der Waals surface area contributed by atoms with Gasteiger partial charge in [0.05, 0.1) is 13.2 Å². The minimum atomic E-state index is -2.98. The average molecular weight is 258 g/mol. The summed E-state index contributed by atoms with van der Waals surface area (Å²) in [6.45, 7) is 2.09. The number of hydrogen-bond acceptors (Lipinski definition) is 5. The van der Waals surface area contributed by atoms with Crippen LogP contribution in [-0.4, -0.2) is 13.2 Å². The fourth-order valence-electron chi connectivity index (χ4n) is 0.726. The van der Waals surface area contributed by atoms with Gasteiger partial charge in [-0.15, -0.1) is 0 Å². The maximum atomic E-state index is 11.8. The molecule has 0 fully saturated rings. The molecule has 0 N–H and O–H groups in total. The lowest BCUT2D eigenvalue weighted by Gasteiger charge is -2.14. The maximum absolute atomic E-state index is 11.8. The van der Waals surface area contributed by atoms with Crippen LogP contribution in [0, 0.1) is 0 Å². The summed E-state index contributed by atoms with van der Waals surface area (Å²) < 4.78 is 22.1. The fraction of sp³-hybridized carbons (Fsp3) is 1.00. The first-order valence-corrected chi connectivity index (χ1v) is 8.92. The van der Waals surface area contributed by atoms with Crippen molar-refractivity contribution in [2.24, 2.45) is 0 Å². The van der Waals surface area contributed by atoms with Crippen LogP contribution >= 0.6 is 28.9 Å². The van der Waals surface area contributed by atoms with Crippen LogP contribution in [0.5, 0.6) is 0 Å². The van der Waals surface area contributed by atoms with E-state index in [0.717, 1.165) is 36.1 Å². The Morgan fingerprint density at radius 2 is 1.57 bits per heavy atom. The molecule has 0 radical (unpaired) electrons. The molecule has 6 heteroatoms. The second-order valence-corrected chi connectivity index (χ2v) is 7.78. The zero-order chi connectivity index (χ0) is 10.9. The highest BCUT2D eigenvalue weighted by Gasteiger charge is 2.23. The molecule has 0 saturated heterocycles. The summed E-state index contributed by atoms with van der Waals surface area (Å²) in [7, 11) is 0.879. The SMILES string of the molecule is CCCCOP(=O)(OCCCC)SS. The zero-order valence-electron chi connectivity index (χ0n) is 8.77. The van der Waals surface area contributed by atoms with Crippen molar-refractivity contribution in [2.45, 2.75) is 39.5 Å². The van der Waals surface area contributed by atoms with Crippen LogP contribution in [0.15, 0.2) is 0 Å². The third kappa shape index (κ3) is 7.18. The molecular formula is C8H19O3PS2. The second-order valence-electron chi connectivity index (χ2n) is 2.90. The van der Waals surface area contributed by atoms with Crippen LogP contribution in [0.2, 0.25) is 0 Å². The molecule has 0 rings (SSSR count). The molecule has 3 nitrogen and oxygen atoms in total. The van der Waals surface area contributed by atoms with Gasteiger partial charge in [0.15, 0.2) is 0 Å². The van der Waals surface area contributed by atoms with E-state index in [1.807, 2.05) is 0 Å². The summed E-state index contributed by atoms with van der Waals surface area (Å²) in [5.74, 6) is 0. The van der Waals surface area contributed by atoms with E-state index < -0.39 is 6.80 Å². The standard InChI is InChI=1S/C8H19O3PS2/c1-3-5-7-10-12(9,14-13)11-8-6-4-2/h13H,3-8H2,1-2H3. The minimum Gasteiger partial charge on any atom is -0.300 e. The van der Waals surface area contributed by atoms with Crippen molar-refractivity contribution >= 4 is 28.9 Å². The fourth-order valence-corrected chi connectivity index (χ4v) is 3.18. The Morgan fingerprint density at radius 1 is 1.14 bits per heavy atom. The predicted octanol–water partition coefficient (Wildman–Crippen LogP) is 4.31. The normalized spacial score (nSPS) is 11.9. The van der Waals surface area contributed by atoms with Gasteiger partial charge in [-0.1, -0.05) is 38.3 Å². The van der Waals surface area contributed by atoms with Crippen molar-refractivity contribution in [3.05, 3.63) is 0 Å². The van der Waals surface area contributed by atoms with Gasteiger partial charge < -0.3 is 9.05 Å². The number of unbranched alkanes of at least 4 members (excludes halogenated alkanes) is 2. The van der Waals surface area contributed by atoms with Crippen LogP contribution in [-0.2, 0) is 13.6 Å². The highest BCUT2D eigenvalue weighted by molar-refractivity contribution is 8.93. The first-order valence-electron chi connectivity index (χ1n) is 4.90. The summed E-state index contributed by atoms with van der Waals surface area (Å²) in [5, 5.41) is 0. The Hall–Kier alpha value is 0.850. The molecule has 0 aromatic rings. The lowest BCUT2D eigenvalue weighted by atomic mass is 10.4. The quantitative estimate of drug-likeness (QED) is 0.289. The molecule has 0 aromatic carbocycles. The molecule has 0 aliphatic heterocycles. The van der Waals surface area contributed by atoms with E-state index in [-0.39, 0.29) is 0 Å². The highest BCUT2D eigenvalue weighted by atomic mass is 33.3. The maximum Gasteiger partial charge on any atom is 0.399 e. The first-order chi connectivity index (χ1) is 6.68. The van der Waals surface area contributed by atoms with E-state index in [1.54, 1.807) is 0 Å². The van der Waals surface area contributed by atoms with Crippen molar-refractivity contribution < 1.29 is 13.6 Å². The molecule has 0 heterocycles. The van der Waals surface area contributed by atoms with E-state index in [9.17, 15) is 4.57 Å². The molecule has 0 amide bonds. The van der Waals surface area contributed by atoms with Gasteiger partial charge in [-0.2, -0.15) is 0 Å². The van der Waals surface area contributed by atoms with Crippen LogP contribution < -0.4 is 0 Å². The summed E-state index contributed by atoms with van der Waals surface area (Å²) in [5.41, 5.74) is 0. The molecule has 0 bridgehead atoms. The van der Waals surface area contributed by atoms with Crippen LogP contribution in [0.25, 0.3) is 0 Å². The monoisotopic (exact) mass is 258 g/mol. The summed E-state index contributed by atoms with van der Waals surface area (Å²) in [4.78, 5) is 0. The van der Waals surface area contributed by atoms with Gasteiger partial charge in [0.25, 0.3) is 0 Å². The van der Waals surface area contributed by atoms with Gasteiger partial charge in [0, 0.05) is 10.4 Å². The Balaban J connectivity index is 3.74. The number of hydrogen-bond donors (Lipinski definition) is 1. The smallest absolute Gasteiger partial charge is 0.300 e. The highest BCUT2D eigenvalue weighted by Crippen LogP contribution is 2.62. The third-order valence-corrected chi connectivity index (χ3v) is 5.82. The molecular weight excluding hydrogens is 239 g/mol. The van der Waals surface area contributed by atoms with Crippen molar-refractivity contribution in [3.8, 4) is 0 Å². The average Bonchev–Trinajstić information content (AvgIpc) is 2.19. The lowest BCUT2D eigenvalue weighted by molar-refractivity contribution is 0.215. The predicted molar refractivity (Wildman–Crippen MR) is 65.9 cm³/mol. The van der Waals surface area contributed by atoms with Crippen LogP contribution in [0.3, 0.4) is 0 Å². The summed E-state index contributed by atoms with van der Waals surface area (Å²) in [6, 6.07) is 0. The Bertz CT molecular complexity index is 164. The lowest BCUT2D eigenvalue weighted by Crippen LogP contribution is -1.95. The number of rotatable bonds is 9. The Labute approximate surface area is 95.4 Å². The first kappa shape index (κ1) is 14.8. The molecule has 86 valence electrons. The van der Waals surface area contributed by atoms with Gasteiger partial charge in [0.2, 0.25) is 0 Å². The van der Waals surface area contributed by atoms with Crippen LogP contribution in [0.1, 0.15) is 39.5 Å². The van der Waals surface area contributed by atoms with Gasteiger partial charge in [0.1, 0.15) is 0 Å². The summed E-state index contributed by atoms with van der Waals surface area (Å²) in [6.07, 6.45) is 3.84. The van der Waals surface area contributed by atoms with Gasteiger partial charge in [-0.05, 0) is 12.8 Å². The van der Waals surface area contributed by atoms with E-state index in [1.165, 1.54) is 0 Å². The van der Waals surface area contributed by atoms with E-state index in [4.69, 9.17) is 9.05 Å². The molecule has 0 aliphatic rings. The molecule has 0 atom stereocenters.